The Morgan fingerprint density at radius 2 is 1.44 bits per heavy atom. The minimum atomic E-state index is -1.55. The molecule has 0 aromatic carbocycles. The summed E-state index contributed by atoms with van der Waals surface area (Å²) in [6.45, 7) is 4.64. The molecule has 0 aromatic rings. The van der Waals surface area contributed by atoms with Gasteiger partial charge in [0.2, 0.25) is 11.8 Å². The van der Waals surface area contributed by atoms with Crippen molar-refractivity contribution >= 4 is 11.8 Å². The third-order valence-electron chi connectivity index (χ3n) is 5.19. The SMILES string of the molecule is CC(=O)NC1[C@H](O[C@H]2C(CO)OC(O)C(NC(C)=O)[C@H]2OC(C)C)OC(CO)[C@H](O)[C@@H]1O. The molecule has 2 aliphatic rings. The Bertz CT molecular complexity index is 636. The van der Waals surface area contributed by atoms with E-state index >= 15 is 0 Å². The van der Waals surface area contributed by atoms with Gasteiger partial charge in [-0.1, -0.05) is 0 Å². The number of aliphatic hydroxyl groups excluding tert-OH is 5. The standard InChI is InChI=1S/C19H34N2O11/c1-7(2)29-17-13(21-9(4)25)18(28)30-11(6-23)16(17)32-19-12(20-8(3)24)15(27)14(26)10(5-22)31-19/h7,10-19,22-23,26-28H,5-6H2,1-4H3,(H,20,24)(H,21,25)/t10?,11?,12?,13?,14-,15+,16-,17+,18?,19-/m0/s1. The highest BCUT2D eigenvalue weighted by atomic mass is 16.7. The maximum absolute atomic E-state index is 11.7. The van der Waals surface area contributed by atoms with E-state index in [2.05, 4.69) is 10.6 Å². The number of amides is 2. The summed E-state index contributed by atoms with van der Waals surface area (Å²) >= 11 is 0. The van der Waals surface area contributed by atoms with Gasteiger partial charge in [0.15, 0.2) is 12.6 Å². The van der Waals surface area contributed by atoms with Crippen LogP contribution in [-0.4, -0.2) is 118 Å². The molecule has 13 heteroatoms. The van der Waals surface area contributed by atoms with Crippen molar-refractivity contribution in [2.24, 2.45) is 0 Å². The van der Waals surface area contributed by atoms with E-state index in [9.17, 15) is 35.1 Å². The van der Waals surface area contributed by atoms with E-state index in [1.807, 2.05) is 0 Å². The molecule has 2 amide bonds. The zero-order valence-electron chi connectivity index (χ0n) is 18.5. The van der Waals surface area contributed by atoms with E-state index in [1.54, 1.807) is 13.8 Å². The predicted molar refractivity (Wildman–Crippen MR) is 106 cm³/mol. The normalized spacial score (nSPS) is 40.2. The van der Waals surface area contributed by atoms with E-state index in [-0.39, 0.29) is 6.10 Å². The molecule has 0 radical (unpaired) electrons. The number of hydrogen-bond donors (Lipinski definition) is 7. The Labute approximate surface area is 185 Å². The Morgan fingerprint density at radius 3 is 1.94 bits per heavy atom. The number of rotatable bonds is 8. The third-order valence-corrected chi connectivity index (χ3v) is 5.19. The summed E-state index contributed by atoms with van der Waals surface area (Å²) in [5, 5.41) is 55.4. The number of nitrogens with one attached hydrogen (secondary N) is 2. The molecule has 2 aliphatic heterocycles. The monoisotopic (exact) mass is 466 g/mol. The third kappa shape index (κ3) is 6.34. The lowest BCUT2D eigenvalue weighted by molar-refractivity contribution is -0.333. The average molecular weight is 466 g/mol. The van der Waals surface area contributed by atoms with Crippen molar-refractivity contribution in [2.45, 2.75) is 95.1 Å². The van der Waals surface area contributed by atoms with Gasteiger partial charge in [-0.05, 0) is 13.8 Å². The van der Waals surface area contributed by atoms with E-state index in [4.69, 9.17) is 18.9 Å². The molecule has 2 fully saturated rings. The smallest absolute Gasteiger partial charge is 0.217 e. The van der Waals surface area contributed by atoms with E-state index in [0.717, 1.165) is 0 Å². The molecular formula is C19H34N2O11. The van der Waals surface area contributed by atoms with Gasteiger partial charge >= 0.3 is 0 Å². The summed E-state index contributed by atoms with van der Waals surface area (Å²) in [7, 11) is 0. The summed E-state index contributed by atoms with van der Waals surface area (Å²) < 4.78 is 22.9. The van der Waals surface area contributed by atoms with Crippen molar-refractivity contribution in [2.75, 3.05) is 13.2 Å². The first kappa shape index (κ1) is 26.8. The lowest BCUT2D eigenvalue weighted by Crippen LogP contribution is -2.69. The van der Waals surface area contributed by atoms with Crippen molar-refractivity contribution in [1.29, 1.82) is 0 Å². The summed E-state index contributed by atoms with van der Waals surface area (Å²) in [6, 6.07) is -2.31. The van der Waals surface area contributed by atoms with E-state index in [1.165, 1.54) is 13.8 Å². The first-order valence-electron chi connectivity index (χ1n) is 10.4. The van der Waals surface area contributed by atoms with Crippen LogP contribution in [0.2, 0.25) is 0 Å². The second-order valence-electron chi connectivity index (χ2n) is 8.16. The van der Waals surface area contributed by atoms with Gasteiger partial charge in [0.25, 0.3) is 0 Å². The quantitative estimate of drug-likeness (QED) is 0.186. The van der Waals surface area contributed by atoms with Crippen LogP contribution in [0.5, 0.6) is 0 Å². The fourth-order valence-electron chi connectivity index (χ4n) is 3.84. The predicted octanol–water partition coefficient (Wildman–Crippen LogP) is -3.68. The lowest BCUT2D eigenvalue weighted by Gasteiger charge is -2.48. The van der Waals surface area contributed by atoms with Crippen LogP contribution in [0.15, 0.2) is 0 Å². The molecule has 7 N–H and O–H groups in total. The fourth-order valence-corrected chi connectivity index (χ4v) is 3.84. The molecule has 2 saturated heterocycles. The summed E-state index contributed by atoms with van der Waals surface area (Å²) in [5.41, 5.74) is 0. The van der Waals surface area contributed by atoms with Gasteiger partial charge in [-0.3, -0.25) is 9.59 Å². The van der Waals surface area contributed by atoms with Crippen LogP contribution in [0, 0.1) is 0 Å². The second-order valence-corrected chi connectivity index (χ2v) is 8.16. The summed E-state index contributed by atoms with van der Waals surface area (Å²) in [5.74, 6) is -1.01. The maximum Gasteiger partial charge on any atom is 0.217 e. The molecule has 2 heterocycles. The molecular weight excluding hydrogens is 432 g/mol. The molecule has 0 aromatic heterocycles. The zero-order valence-corrected chi connectivity index (χ0v) is 18.5. The number of hydrogen-bond acceptors (Lipinski definition) is 11. The van der Waals surface area contributed by atoms with Gasteiger partial charge in [-0.2, -0.15) is 0 Å². The number of ether oxygens (including phenoxy) is 4. The number of aliphatic hydroxyl groups is 5. The molecule has 10 atom stereocenters. The molecule has 5 unspecified atom stereocenters. The van der Waals surface area contributed by atoms with Crippen molar-refractivity contribution in [3.05, 3.63) is 0 Å². The average Bonchev–Trinajstić information content (AvgIpc) is 2.70. The summed E-state index contributed by atoms with van der Waals surface area (Å²) in [4.78, 5) is 23.4. The summed E-state index contributed by atoms with van der Waals surface area (Å²) in [6.07, 6.45) is -10.9. The van der Waals surface area contributed by atoms with Crippen LogP contribution in [0.25, 0.3) is 0 Å². The molecule has 0 saturated carbocycles. The Morgan fingerprint density at radius 1 is 0.875 bits per heavy atom. The Balaban J connectivity index is 2.38. The van der Waals surface area contributed by atoms with Crippen LogP contribution >= 0.6 is 0 Å². The molecule has 0 aliphatic carbocycles. The van der Waals surface area contributed by atoms with E-state index in [0.29, 0.717) is 0 Å². The second kappa shape index (κ2) is 11.6. The lowest BCUT2D eigenvalue weighted by atomic mass is 9.94. The first-order valence-corrected chi connectivity index (χ1v) is 10.4. The highest BCUT2D eigenvalue weighted by Gasteiger charge is 2.52. The number of carbonyl (C=O) groups excluding carboxylic acids is 2. The zero-order chi connectivity index (χ0) is 24.2. The fraction of sp³-hybridized carbons (Fsp3) is 0.895. The molecule has 13 nitrogen and oxygen atoms in total. The van der Waals surface area contributed by atoms with Gasteiger partial charge in [0, 0.05) is 13.8 Å². The van der Waals surface area contributed by atoms with Crippen molar-refractivity contribution in [3.63, 3.8) is 0 Å². The van der Waals surface area contributed by atoms with Crippen molar-refractivity contribution in [3.8, 4) is 0 Å². The van der Waals surface area contributed by atoms with Gasteiger partial charge in [0.05, 0.1) is 19.3 Å². The van der Waals surface area contributed by atoms with E-state index < -0.39 is 86.3 Å². The largest absolute Gasteiger partial charge is 0.394 e. The highest BCUT2D eigenvalue weighted by Crippen LogP contribution is 2.30. The molecule has 0 spiro atoms. The van der Waals surface area contributed by atoms with Crippen LogP contribution in [-0.2, 0) is 28.5 Å². The topological polar surface area (TPSA) is 196 Å². The van der Waals surface area contributed by atoms with Crippen LogP contribution in [0.1, 0.15) is 27.7 Å². The van der Waals surface area contributed by atoms with Gasteiger partial charge in [-0.15, -0.1) is 0 Å². The van der Waals surface area contributed by atoms with Gasteiger partial charge < -0.3 is 55.1 Å². The van der Waals surface area contributed by atoms with Crippen LogP contribution in [0.3, 0.4) is 0 Å². The van der Waals surface area contributed by atoms with Crippen molar-refractivity contribution < 1.29 is 54.1 Å². The maximum atomic E-state index is 11.7. The van der Waals surface area contributed by atoms with Gasteiger partial charge in [0.1, 0.15) is 48.7 Å². The van der Waals surface area contributed by atoms with Crippen molar-refractivity contribution in [1.82, 2.24) is 10.6 Å². The molecule has 0 bridgehead atoms. The highest BCUT2D eigenvalue weighted by molar-refractivity contribution is 5.73. The minimum Gasteiger partial charge on any atom is -0.394 e. The first-order chi connectivity index (χ1) is 15.0. The van der Waals surface area contributed by atoms with Crippen LogP contribution in [0.4, 0.5) is 0 Å². The molecule has 186 valence electrons. The molecule has 32 heavy (non-hydrogen) atoms. The van der Waals surface area contributed by atoms with Crippen LogP contribution < -0.4 is 10.6 Å². The number of carbonyl (C=O) groups is 2. The minimum absolute atomic E-state index is 0.386. The van der Waals surface area contributed by atoms with Gasteiger partial charge in [-0.25, -0.2) is 0 Å². The Hall–Kier alpha value is -1.42. The molecule has 2 rings (SSSR count). The Kier molecular flexibility index (Phi) is 9.75.